The van der Waals surface area contributed by atoms with Gasteiger partial charge >= 0.3 is 0 Å². The number of halogens is 1. The predicted molar refractivity (Wildman–Crippen MR) is 115 cm³/mol. The molecule has 3 aromatic carbocycles. The summed E-state index contributed by atoms with van der Waals surface area (Å²) in [5, 5.41) is 1.20. The lowest BCUT2D eigenvalue weighted by Crippen LogP contribution is -2.09. The zero-order valence-electron chi connectivity index (χ0n) is 15.3. The topological polar surface area (TPSA) is 14.2 Å². The van der Waals surface area contributed by atoms with Crippen LogP contribution in [0.3, 0.4) is 0 Å². The van der Waals surface area contributed by atoms with E-state index in [-0.39, 0.29) is 6.04 Å². The zero-order chi connectivity index (χ0) is 18.6. The van der Waals surface area contributed by atoms with Gasteiger partial charge in [-0.05, 0) is 41.8 Å². The molecule has 2 nitrogen and oxygen atoms in total. The van der Waals surface area contributed by atoms with Crippen LogP contribution < -0.4 is 4.74 Å². The van der Waals surface area contributed by atoms with Crippen molar-refractivity contribution in [3.8, 4) is 5.75 Å². The van der Waals surface area contributed by atoms with Crippen molar-refractivity contribution < 1.29 is 4.74 Å². The number of ether oxygens (including phenoxy) is 1. The van der Waals surface area contributed by atoms with Crippen LogP contribution in [-0.2, 0) is 6.61 Å². The third-order valence-corrected chi connectivity index (χ3v) is 5.39. The first kappa shape index (κ1) is 17.9. The third kappa shape index (κ3) is 3.79. The van der Waals surface area contributed by atoms with E-state index in [4.69, 9.17) is 4.74 Å². The maximum atomic E-state index is 6.23. The predicted octanol–water partition coefficient (Wildman–Crippen LogP) is 6.98. The molecule has 0 radical (unpaired) electrons. The van der Waals surface area contributed by atoms with Gasteiger partial charge in [-0.15, -0.1) is 0 Å². The standard InChI is InChI=1S/C24H22BrNO/c1-2-22(20-11-6-12-21(25)16-20)26-15-14-19-10-7-13-23(24(19)26)27-17-18-8-4-3-5-9-18/h3-16,22H,2,17H2,1H3/t22-/m1/s1. The minimum absolute atomic E-state index is 0.265. The molecule has 4 aromatic rings. The summed E-state index contributed by atoms with van der Waals surface area (Å²) < 4.78 is 9.68. The molecule has 136 valence electrons. The van der Waals surface area contributed by atoms with Crippen LogP contribution in [0.2, 0.25) is 0 Å². The molecule has 0 bridgehead atoms. The van der Waals surface area contributed by atoms with Gasteiger partial charge < -0.3 is 9.30 Å². The Kier molecular flexibility index (Phi) is 5.30. The normalized spacial score (nSPS) is 12.2. The molecule has 0 N–H and O–H groups in total. The second-order valence-corrected chi connectivity index (χ2v) is 7.59. The van der Waals surface area contributed by atoms with Crippen LogP contribution in [0, 0.1) is 0 Å². The van der Waals surface area contributed by atoms with Gasteiger partial charge in [-0.3, -0.25) is 0 Å². The van der Waals surface area contributed by atoms with E-state index in [0.29, 0.717) is 6.61 Å². The molecule has 1 aromatic heterocycles. The van der Waals surface area contributed by atoms with Crippen LogP contribution in [0.5, 0.6) is 5.75 Å². The van der Waals surface area contributed by atoms with Crippen molar-refractivity contribution in [3.63, 3.8) is 0 Å². The molecular formula is C24H22BrNO. The number of fused-ring (bicyclic) bond motifs is 1. The molecular weight excluding hydrogens is 398 g/mol. The lowest BCUT2D eigenvalue weighted by molar-refractivity contribution is 0.308. The Morgan fingerprint density at radius 3 is 2.52 bits per heavy atom. The van der Waals surface area contributed by atoms with Crippen molar-refractivity contribution in [2.24, 2.45) is 0 Å². The lowest BCUT2D eigenvalue weighted by atomic mass is 10.0. The zero-order valence-corrected chi connectivity index (χ0v) is 16.9. The summed E-state index contributed by atoms with van der Waals surface area (Å²) >= 11 is 3.60. The van der Waals surface area contributed by atoms with Crippen LogP contribution in [0.15, 0.2) is 89.5 Å². The van der Waals surface area contributed by atoms with E-state index < -0.39 is 0 Å². The number of aromatic nitrogens is 1. The molecule has 4 rings (SSSR count). The quantitative estimate of drug-likeness (QED) is 0.328. The van der Waals surface area contributed by atoms with E-state index in [1.54, 1.807) is 0 Å². The SMILES string of the molecule is CC[C@H](c1cccc(Br)c1)n1ccc2cccc(OCc3ccccc3)c21. The van der Waals surface area contributed by atoms with Crippen molar-refractivity contribution in [1.82, 2.24) is 4.57 Å². The number of benzene rings is 3. The fourth-order valence-corrected chi connectivity index (χ4v) is 4.02. The van der Waals surface area contributed by atoms with E-state index in [1.165, 1.54) is 16.5 Å². The van der Waals surface area contributed by atoms with Crippen LogP contribution >= 0.6 is 15.9 Å². The fraction of sp³-hybridized carbons (Fsp3) is 0.167. The summed E-state index contributed by atoms with van der Waals surface area (Å²) in [4.78, 5) is 0. The number of para-hydroxylation sites is 1. The largest absolute Gasteiger partial charge is 0.487 e. The highest BCUT2D eigenvalue weighted by Gasteiger charge is 2.17. The van der Waals surface area contributed by atoms with Gasteiger partial charge in [0.2, 0.25) is 0 Å². The van der Waals surface area contributed by atoms with Crippen molar-refractivity contribution in [2.75, 3.05) is 0 Å². The average Bonchev–Trinajstić information content (AvgIpc) is 3.12. The van der Waals surface area contributed by atoms with Gasteiger partial charge in [0.1, 0.15) is 12.4 Å². The smallest absolute Gasteiger partial charge is 0.144 e. The highest BCUT2D eigenvalue weighted by molar-refractivity contribution is 9.10. The van der Waals surface area contributed by atoms with E-state index >= 15 is 0 Å². The van der Waals surface area contributed by atoms with Crippen molar-refractivity contribution >= 4 is 26.8 Å². The summed E-state index contributed by atoms with van der Waals surface area (Å²) in [6.07, 6.45) is 3.18. The Labute approximate surface area is 168 Å². The lowest BCUT2D eigenvalue weighted by Gasteiger charge is -2.21. The Hall–Kier alpha value is -2.52. The van der Waals surface area contributed by atoms with Gasteiger partial charge in [-0.25, -0.2) is 0 Å². The van der Waals surface area contributed by atoms with Crippen molar-refractivity contribution in [1.29, 1.82) is 0 Å². The highest BCUT2D eigenvalue weighted by atomic mass is 79.9. The Morgan fingerprint density at radius 1 is 0.926 bits per heavy atom. The third-order valence-electron chi connectivity index (χ3n) is 4.90. The van der Waals surface area contributed by atoms with Gasteiger partial charge in [0.25, 0.3) is 0 Å². The fourth-order valence-electron chi connectivity index (χ4n) is 3.60. The summed E-state index contributed by atoms with van der Waals surface area (Å²) in [5.41, 5.74) is 3.62. The second kappa shape index (κ2) is 8.01. The van der Waals surface area contributed by atoms with Crippen LogP contribution in [0.25, 0.3) is 10.9 Å². The average molecular weight is 420 g/mol. The molecule has 0 saturated carbocycles. The van der Waals surface area contributed by atoms with Crippen molar-refractivity contribution in [2.45, 2.75) is 26.0 Å². The molecule has 0 unspecified atom stereocenters. The van der Waals surface area contributed by atoms with Crippen LogP contribution in [0.1, 0.15) is 30.5 Å². The second-order valence-electron chi connectivity index (χ2n) is 6.67. The Morgan fingerprint density at radius 2 is 1.74 bits per heavy atom. The van der Waals surface area contributed by atoms with Crippen LogP contribution in [-0.4, -0.2) is 4.57 Å². The molecule has 1 heterocycles. The Bertz CT molecular complexity index is 1040. The maximum absolute atomic E-state index is 6.23. The van der Waals surface area contributed by atoms with Crippen LogP contribution in [0.4, 0.5) is 0 Å². The van der Waals surface area contributed by atoms with Gasteiger partial charge in [0.05, 0.1) is 11.6 Å². The molecule has 27 heavy (non-hydrogen) atoms. The monoisotopic (exact) mass is 419 g/mol. The summed E-state index contributed by atoms with van der Waals surface area (Å²) in [6, 6.07) is 27.6. The molecule has 0 aliphatic rings. The van der Waals surface area contributed by atoms with E-state index in [9.17, 15) is 0 Å². The molecule has 0 aliphatic heterocycles. The summed E-state index contributed by atoms with van der Waals surface area (Å²) in [7, 11) is 0. The van der Waals surface area contributed by atoms with Gasteiger partial charge in [-0.1, -0.05) is 77.5 Å². The minimum atomic E-state index is 0.265. The van der Waals surface area contributed by atoms with E-state index in [2.05, 4.69) is 94.3 Å². The van der Waals surface area contributed by atoms with Gasteiger partial charge in [-0.2, -0.15) is 0 Å². The number of nitrogens with zero attached hydrogens (tertiary/aromatic N) is 1. The Balaban J connectivity index is 1.73. The molecule has 3 heteroatoms. The first-order chi connectivity index (χ1) is 13.3. The molecule has 0 fully saturated rings. The number of hydrogen-bond donors (Lipinski definition) is 0. The first-order valence-corrected chi connectivity index (χ1v) is 10.1. The highest BCUT2D eigenvalue weighted by Crippen LogP contribution is 2.34. The summed E-state index contributed by atoms with van der Waals surface area (Å²) in [5.74, 6) is 0.926. The van der Waals surface area contributed by atoms with Crippen molar-refractivity contribution in [3.05, 3.63) is 101 Å². The molecule has 0 saturated heterocycles. The molecule has 0 amide bonds. The van der Waals surface area contributed by atoms with E-state index in [0.717, 1.165) is 22.2 Å². The van der Waals surface area contributed by atoms with Gasteiger partial charge in [0.15, 0.2) is 0 Å². The van der Waals surface area contributed by atoms with E-state index in [1.807, 2.05) is 18.2 Å². The molecule has 1 atom stereocenters. The number of rotatable bonds is 6. The maximum Gasteiger partial charge on any atom is 0.144 e. The first-order valence-electron chi connectivity index (χ1n) is 9.28. The number of hydrogen-bond acceptors (Lipinski definition) is 1. The minimum Gasteiger partial charge on any atom is -0.487 e. The molecule has 0 spiro atoms. The molecule has 0 aliphatic carbocycles. The van der Waals surface area contributed by atoms with Gasteiger partial charge in [0, 0.05) is 16.1 Å². The summed E-state index contributed by atoms with van der Waals surface area (Å²) in [6.45, 7) is 2.80.